The van der Waals surface area contributed by atoms with E-state index in [-0.39, 0.29) is 0 Å². The Morgan fingerprint density at radius 1 is 1.24 bits per heavy atom. The van der Waals surface area contributed by atoms with Gasteiger partial charge in [-0.1, -0.05) is 29.4 Å². The highest BCUT2D eigenvalue weighted by Crippen LogP contribution is 2.43. The van der Waals surface area contributed by atoms with E-state index in [1.807, 2.05) is 25.1 Å². The number of allylic oxidation sites excluding steroid dienone is 2. The van der Waals surface area contributed by atoms with Gasteiger partial charge in [0.05, 0.1) is 5.56 Å². The molecular formula is C17H19N3O. The summed E-state index contributed by atoms with van der Waals surface area (Å²) in [6, 6.07) is 8.14. The van der Waals surface area contributed by atoms with Crippen molar-refractivity contribution in [1.82, 2.24) is 10.1 Å². The van der Waals surface area contributed by atoms with Crippen LogP contribution >= 0.6 is 0 Å². The normalized spacial score (nSPS) is 26.4. The molecule has 2 aromatic rings. The van der Waals surface area contributed by atoms with Gasteiger partial charge in [-0.3, -0.25) is 0 Å². The number of rotatable bonds is 4. The zero-order valence-corrected chi connectivity index (χ0v) is 12.1. The van der Waals surface area contributed by atoms with E-state index in [0.717, 1.165) is 35.5 Å². The van der Waals surface area contributed by atoms with Crippen LogP contribution < -0.4 is 5.32 Å². The van der Waals surface area contributed by atoms with E-state index in [1.165, 1.54) is 12.8 Å². The molecule has 21 heavy (non-hydrogen) atoms. The Hall–Kier alpha value is -2.10. The Labute approximate surface area is 124 Å². The molecule has 3 unspecified atom stereocenters. The largest absolute Gasteiger partial charge is 0.384 e. The molecule has 0 saturated heterocycles. The second-order valence-corrected chi connectivity index (χ2v) is 6.11. The summed E-state index contributed by atoms with van der Waals surface area (Å²) in [6.45, 7) is 2.85. The van der Waals surface area contributed by atoms with Crippen molar-refractivity contribution in [3.05, 3.63) is 42.2 Å². The van der Waals surface area contributed by atoms with Crippen LogP contribution in [-0.2, 0) is 0 Å². The van der Waals surface area contributed by atoms with Crippen LogP contribution in [0.1, 0.15) is 18.7 Å². The first-order valence-corrected chi connectivity index (χ1v) is 7.61. The van der Waals surface area contributed by atoms with Crippen LogP contribution in [0.15, 0.2) is 40.9 Å². The molecule has 3 atom stereocenters. The Kier molecular flexibility index (Phi) is 3.02. The van der Waals surface area contributed by atoms with E-state index in [4.69, 9.17) is 4.52 Å². The average Bonchev–Trinajstić information content (AvgIpc) is 3.22. The van der Waals surface area contributed by atoms with E-state index < -0.39 is 0 Å². The third-order valence-electron chi connectivity index (χ3n) is 4.66. The minimum atomic E-state index is 0.587. The number of nitrogens with zero attached hydrogens (tertiary/aromatic N) is 2. The van der Waals surface area contributed by atoms with Gasteiger partial charge in [0.2, 0.25) is 0 Å². The molecule has 1 aromatic carbocycles. The van der Waals surface area contributed by atoms with Gasteiger partial charge in [-0.05, 0) is 49.7 Å². The van der Waals surface area contributed by atoms with Crippen molar-refractivity contribution in [1.29, 1.82) is 0 Å². The number of benzene rings is 1. The SMILES string of the molecule is Cc1noc(-c2ccccc2NCC2CC3C=CC2C3)n1. The lowest BCUT2D eigenvalue weighted by atomic mass is 9.93. The monoisotopic (exact) mass is 281 g/mol. The van der Waals surface area contributed by atoms with Crippen LogP contribution in [-0.4, -0.2) is 16.7 Å². The molecule has 4 heteroatoms. The summed E-state index contributed by atoms with van der Waals surface area (Å²) < 4.78 is 5.30. The number of para-hydroxylation sites is 1. The Balaban J connectivity index is 1.51. The van der Waals surface area contributed by atoms with Crippen molar-refractivity contribution in [2.45, 2.75) is 19.8 Å². The number of anilines is 1. The topological polar surface area (TPSA) is 51.0 Å². The number of fused-ring (bicyclic) bond motifs is 2. The third-order valence-corrected chi connectivity index (χ3v) is 4.66. The summed E-state index contributed by atoms with van der Waals surface area (Å²) in [5.41, 5.74) is 2.06. The zero-order chi connectivity index (χ0) is 14.2. The van der Waals surface area contributed by atoms with Gasteiger partial charge in [0.15, 0.2) is 5.82 Å². The van der Waals surface area contributed by atoms with E-state index in [0.29, 0.717) is 11.7 Å². The highest BCUT2D eigenvalue weighted by Gasteiger charge is 2.35. The first-order chi connectivity index (χ1) is 10.3. The molecule has 4 nitrogen and oxygen atoms in total. The first-order valence-electron chi connectivity index (χ1n) is 7.61. The van der Waals surface area contributed by atoms with Gasteiger partial charge >= 0.3 is 0 Å². The standard InChI is InChI=1S/C17H19N3O/c1-11-19-17(21-20-11)15-4-2-3-5-16(15)18-10-14-9-12-6-7-13(14)8-12/h2-7,12-14,18H,8-10H2,1H3. The van der Waals surface area contributed by atoms with E-state index >= 15 is 0 Å². The number of hydrogen-bond acceptors (Lipinski definition) is 4. The fourth-order valence-electron chi connectivity index (χ4n) is 3.60. The highest BCUT2D eigenvalue weighted by atomic mass is 16.5. The predicted molar refractivity (Wildman–Crippen MR) is 81.8 cm³/mol. The summed E-state index contributed by atoms with van der Waals surface area (Å²) >= 11 is 0. The number of hydrogen-bond donors (Lipinski definition) is 1. The highest BCUT2D eigenvalue weighted by molar-refractivity contribution is 5.72. The smallest absolute Gasteiger partial charge is 0.260 e. The van der Waals surface area contributed by atoms with Crippen molar-refractivity contribution in [2.75, 3.05) is 11.9 Å². The van der Waals surface area contributed by atoms with Crippen molar-refractivity contribution in [3.63, 3.8) is 0 Å². The summed E-state index contributed by atoms with van der Waals surface area (Å²) in [5.74, 6) is 3.58. The minimum Gasteiger partial charge on any atom is -0.384 e. The maximum atomic E-state index is 5.30. The van der Waals surface area contributed by atoms with Gasteiger partial charge < -0.3 is 9.84 Å². The quantitative estimate of drug-likeness (QED) is 0.869. The van der Waals surface area contributed by atoms with Crippen LogP contribution in [0.4, 0.5) is 5.69 Å². The lowest BCUT2D eigenvalue weighted by Gasteiger charge is -2.20. The molecule has 1 aromatic heterocycles. The third kappa shape index (κ3) is 2.35. The fraction of sp³-hybridized carbons (Fsp3) is 0.412. The maximum absolute atomic E-state index is 5.30. The van der Waals surface area contributed by atoms with Crippen molar-refractivity contribution >= 4 is 5.69 Å². The number of aryl methyl sites for hydroxylation is 1. The molecule has 0 aliphatic heterocycles. The molecule has 4 rings (SSSR count). The summed E-state index contributed by atoms with van der Waals surface area (Å²) in [6.07, 6.45) is 7.44. The fourth-order valence-corrected chi connectivity index (χ4v) is 3.60. The van der Waals surface area contributed by atoms with Gasteiger partial charge in [0.1, 0.15) is 0 Å². The van der Waals surface area contributed by atoms with Crippen LogP contribution in [0, 0.1) is 24.7 Å². The van der Waals surface area contributed by atoms with Crippen LogP contribution in [0.5, 0.6) is 0 Å². The minimum absolute atomic E-state index is 0.587. The van der Waals surface area contributed by atoms with Gasteiger partial charge in [-0.2, -0.15) is 4.98 Å². The van der Waals surface area contributed by atoms with Gasteiger partial charge in [0.25, 0.3) is 5.89 Å². The van der Waals surface area contributed by atoms with E-state index in [1.54, 1.807) is 0 Å². The Morgan fingerprint density at radius 3 is 2.86 bits per heavy atom. The molecule has 1 saturated carbocycles. The van der Waals surface area contributed by atoms with Crippen molar-refractivity contribution < 1.29 is 4.52 Å². The molecule has 2 aliphatic carbocycles. The Bertz CT molecular complexity index is 676. The molecular weight excluding hydrogens is 262 g/mol. The second kappa shape index (κ2) is 5.02. The Morgan fingerprint density at radius 2 is 2.14 bits per heavy atom. The molecule has 1 heterocycles. The average molecular weight is 281 g/mol. The van der Waals surface area contributed by atoms with Gasteiger partial charge in [-0.15, -0.1) is 0 Å². The molecule has 0 radical (unpaired) electrons. The predicted octanol–water partition coefficient (Wildman–Crippen LogP) is 3.67. The molecule has 108 valence electrons. The van der Waals surface area contributed by atoms with Crippen LogP contribution in [0.25, 0.3) is 11.5 Å². The first kappa shape index (κ1) is 12.6. The van der Waals surface area contributed by atoms with Gasteiger partial charge in [0, 0.05) is 12.2 Å². The zero-order valence-electron chi connectivity index (χ0n) is 12.1. The molecule has 1 N–H and O–H groups in total. The summed E-state index contributed by atoms with van der Waals surface area (Å²) in [5, 5.41) is 7.47. The van der Waals surface area contributed by atoms with E-state index in [2.05, 4.69) is 33.7 Å². The lowest BCUT2D eigenvalue weighted by Crippen LogP contribution is -2.18. The van der Waals surface area contributed by atoms with Crippen LogP contribution in [0.2, 0.25) is 0 Å². The van der Waals surface area contributed by atoms with E-state index in [9.17, 15) is 0 Å². The molecule has 0 spiro atoms. The van der Waals surface area contributed by atoms with Crippen LogP contribution in [0.3, 0.4) is 0 Å². The summed E-state index contributed by atoms with van der Waals surface area (Å²) in [7, 11) is 0. The molecule has 0 amide bonds. The number of nitrogens with one attached hydrogen (secondary N) is 1. The lowest BCUT2D eigenvalue weighted by molar-refractivity contribution is 0.425. The molecule has 1 fully saturated rings. The number of aromatic nitrogens is 2. The van der Waals surface area contributed by atoms with Crippen molar-refractivity contribution in [2.24, 2.45) is 17.8 Å². The summed E-state index contributed by atoms with van der Waals surface area (Å²) in [4.78, 5) is 4.33. The molecule has 2 aliphatic rings. The van der Waals surface area contributed by atoms with Gasteiger partial charge in [-0.25, -0.2) is 0 Å². The second-order valence-electron chi connectivity index (χ2n) is 6.11. The maximum Gasteiger partial charge on any atom is 0.260 e. The van der Waals surface area contributed by atoms with Crippen molar-refractivity contribution in [3.8, 4) is 11.5 Å². The molecule has 2 bridgehead atoms.